The molecule has 2 N–H and O–H groups in total. The van der Waals surface area contributed by atoms with E-state index in [0.717, 1.165) is 37.1 Å². The highest BCUT2D eigenvalue weighted by atomic mass is 16.2. The van der Waals surface area contributed by atoms with Gasteiger partial charge in [-0.3, -0.25) is 19.8 Å². The van der Waals surface area contributed by atoms with Crippen LogP contribution in [0.3, 0.4) is 0 Å². The van der Waals surface area contributed by atoms with Crippen molar-refractivity contribution in [1.29, 1.82) is 0 Å². The van der Waals surface area contributed by atoms with Crippen LogP contribution in [0.25, 0.3) is 0 Å². The molecule has 1 saturated heterocycles. The van der Waals surface area contributed by atoms with Crippen molar-refractivity contribution in [2.24, 2.45) is 11.8 Å². The van der Waals surface area contributed by atoms with Gasteiger partial charge in [-0.1, -0.05) is 33.1 Å². The molecular weight excluding hydrogens is 336 g/mol. The minimum atomic E-state index is -0.861. The van der Waals surface area contributed by atoms with Gasteiger partial charge in [0.2, 0.25) is 11.7 Å². The molecule has 2 fully saturated rings. The Morgan fingerprint density at radius 2 is 1.77 bits per heavy atom. The second kappa shape index (κ2) is 9.00. The molecule has 8 nitrogen and oxygen atoms in total. The Bertz CT molecular complexity index is 557. The number of urea groups is 1. The average Bonchev–Trinajstić information content (AvgIpc) is 2.92. The van der Waals surface area contributed by atoms with Crippen molar-refractivity contribution < 1.29 is 19.2 Å². The second-order valence-corrected chi connectivity index (χ2v) is 7.69. The third-order valence-electron chi connectivity index (χ3n) is 4.99. The highest BCUT2D eigenvalue weighted by Gasteiger charge is 2.33. The van der Waals surface area contributed by atoms with Gasteiger partial charge in [-0.15, -0.1) is 0 Å². The smallest absolute Gasteiger partial charge is 0.338 e. The third-order valence-corrected chi connectivity index (χ3v) is 4.99. The monoisotopic (exact) mass is 366 g/mol. The normalized spacial score (nSPS) is 19.6. The topological polar surface area (TPSA) is 98.8 Å². The molecule has 0 aromatic carbocycles. The highest BCUT2D eigenvalue weighted by molar-refractivity contribution is 6.38. The summed E-state index contributed by atoms with van der Waals surface area (Å²) in [5.74, 6) is -1.65. The summed E-state index contributed by atoms with van der Waals surface area (Å²) in [5.41, 5.74) is 2.37. The van der Waals surface area contributed by atoms with Gasteiger partial charge in [0.05, 0.1) is 12.6 Å². The van der Waals surface area contributed by atoms with Gasteiger partial charge in [0, 0.05) is 19.5 Å². The molecule has 0 aromatic heterocycles. The predicted octanol–water partition coefficient (Wildman–Crippen LogP) is 1.07. The number of ketones is 1. The number of likely N-dealkylation sites (N-methyl/N-ethyl adjacent to an activating group) is 1. The molecule has 0 spiro atoms. The summed E-state index contributed by atoms with van der Waals surface area (Å²) < 4.78 is 0. The first-order valence-corrected chi connectivity index (χ1v) is 9.47. The second-order valence-electron chi connectivity index (χ2n) is 7.69. The number of nitrogens with one attached hydrogen (secondary N) is 2. The number of nitrogens with zero attached hydrogens (tertiary/aromatic N) is 2. The number of rotatable bonds is 7. The summed E-state index contributed by atoms with van der Waals surface area (Å²) in [5, 5.41) is 3.92. The fraction of sp³-hybridized carbons (Fsp3) is 0.778. The molecule has 1 saturated carbocycles. The molecule has 2 rings (SSSR count). The van der Waals surface area contributed by atoms with E-state index in [1.165, 1.54) is 4.90 Å². The molecule has 1 unspecified atom stereocenters. The van der Waals surface area contributed by atoms with Crippen LogP contribution in [0.2, 0.25) is 0 Å². The van der Waals surface area contributed by atoms with Crippen LogP contribution in [-0.2, 0) is 14.4 Å². The standard InChI is InChI=1S/C18H30N4O4/c1-12(2)11-14(19-16(24)13-7-5-4-6-8-13)15(23)17(25)20-22-10-9-21(3)18(22)26/h12-14H,4-11H2,1-3H3,(H,19,24)(H,20,25). The van der Waals surface area contributed by atoms with Crippen molar-refractivity contribution in [3.05, 3.63) is 0 Å². The molecular formula is C18H30N4O4. The van der Waals surface area contributed by atoms with E-state index >= 15 is 0 Å². The fourth-order valence-electron chi connectivity index (χ4n) is 3.44. The lowest BCUT2D eigenvalue weighted by molar-refractivity contribution is -0.142. The van der Waals surface area contributed by atoms with Gasteiger partial charge in [0.1, 0.15) is 0 Å². The van der Waals surface area contributed by atoms with Gasteiger partial charge in [0.15, 0.2) is 0 Å². The molecule has 146 valence electrons. The Balaban J connectivity index is 1.97. The maximum absolute atomic E-state index is 12.6. The van der Waals surface area contributed by atoms with Crippen LogP contribution in [0.4, 0.5) is 4.79 Å². The van der Waals surface area contributed by atoms with Crippen molar-refractivity contribution in [2.75, 3.05) is 20.1 Å². The molecule has 4 amide bonds. The first kappa shape index (κ1) is 20.2. The minimum absolute atomic E-state index is 0.0805. The van der Waals surface area contributed by atoms with Gasteiger partial charge in [-0.05, 0) is 25.2 Å². The summed E-state index contributed by atoms with van der Waals surface area (Å²) in [7, 11) is 1.63. The molecule has 0 aromatic rings. The Hall–Kier alpha value is -2.12. The van der Waals surface area contributed by atoms with Crippen molar-refractivity contribution in [3.63, 3.8) is 0 Å². The lowest BCUT2D eigenvalue weighted by atomic mass is 9.88. The zero-order chi connectivity index (χ0) is 19.3. The first-order valence-electron chi connectivity index (χ1n) is 9.47. The average molecular weight is 366 g/mol. The molecule has 26 heavy (non-hydrogen) atoms. The Morgan fingerprint density at radius 1 is 1.12 bits per heavy atom. The highest BCUT2D eigenvalue weighted by Crippen LogP contribution is 2.24. The SMILES string of the molecule is CC(C)CC(NC(=O)C1CCCCC1)C(=O)C(=O)NN1CCN(C)C1=O. The molecule has 1 heterocycles. The van der Waals surface area contributed by atoms with E-state index in [0.29, 0.717) is 19.5 Å². The number of carbonyl (C=O) groups excluding carboxylic acids is 4. The van der Waals surface area contributed by atoms with Gasteiger partial charge in [0.25, 0.3) is 0 Å². The van der Waals surface area contributed by atoms with Crippen LogP contribution in [0.1, 0.15) is 52.4 Å². The molecule has 1 atom stereocenters. The molecule has 0 radical (unpaired) electrons. The zero-order valence-corrected chi connectivity index (χ0v) is 15.9. The van der Waals surface area contributed by atoms with Crippen LogP contribution in [0.5, 0.6) is 0 Å². The van der Waals surface area contributed by atoms with E-state index in [9.17, 15) is 19.2 Å². The summed E-state index contributed by atoms with van der Waals surface area (Å²) >= 11 is 0. The quantitative estimate of drug-likeness (QED) is 0.658. The van der Waals surface area contributed by atoms with Crippen molar-refractivity contribution >= 4 is 23.6 Å². The van der Waals surface area contributed by atoms with E-state index in [1.54, 1.807) is 7.05 Å². The number of hydrogen-bond donors (Lipinski definition) is 2. The van der Waals surface area contributed by atoms with Gasteiger partial charge in [-0.2, -0.15) is 0 Å². The van der Waals surface area contributed by atoms with Crippen LogP contribution in [-0.4, -0.2) is 59.7 Å². The Kier molecular flexibility index (Phi) is 6.99. The molecule has 8 heteroatoms. The summed E-state index contributed by atoms with van der Waals surface area (Å²) in [6.45, 7) is 4.69. The predicted molar refractivity (Wildman–Crippen MR) is 95.8 cm³/mol. The van der Waals surface area contributed by atoms with Crippen molar-refractivity contribution in [3.8, 4) is 0 Å². The number of amides is 4. The number of Topliss-reactive ketones (excluding diaryl/α,β-unsaturated/α-hetero) is 1. The van der Waals surface area contributed by atoms with Crippen molar-refractivity contribution in [1.82, 2.24) is 20.7 Å². The molecule has 2 aliphatic rings. The molecule has 1 aliphatic carbocycles. The summed E-state index contributed by atoms with van der Waals surface area (Å²) in [4.78, 5) is 50.7. The Morgan fingerprint density at radius 3 is 2.31 bits per heavy atom. The largest absolute Gasteiger partial charge is 0.345 e. The lowest BCUT2D eigenvalue weighted by Gasteiger charge is -2.25. The van der Waals surface area contributed by atoms with Crippen LogP contribution < -0.4 is 10.7 Å². The minimum Gasteiger partial charge on any atom is -0.345 e. The number of hydrazine groups is 1. The third kappa shape index (κ3) is 5.19. The van der Waals surface area contributed by atoms with Gasteiger partial charge < -0.3 is 10.2 Å². The van der Waals surface area contributed by atoms with E-state index in [4.69, 9.17) is 0 Å². The van der Waals surface area contributed by atoms with Crippen LogP contribution in [0, 0.1) is 11.8 Å². The lowest BCUT2D eigenvalue weighted by Crippen LogP contribution is -2.53. The van der Waals surface area contributed by atoms with Gasteiger partial charge >= 0.3 is 11.9 Å². The van der Waals surface area contributed by atoms with E-state index in [-0.39, 0.29) is 23.8 Å². The van der Waals surface area contributed by atoms with Crippen LogP contribution >= 0.6 is 0 Å². The first-order chi connectivity index (χ1) is 12.3. The molecule has 1 aliphatic heterocycles. The van der Waals surface area contributed by atoms with Gasteiger partial charge in [-0.25, -0.2) is 9.80 Å². The fourth-order valence-corrected chi connectivity index (χ4v) is 3.44. The summed E-state index contributed by atoms with van der Waals surface area (Å²) in [6, 6.07) is -1.21. The summed E-state index contributed by atoms with van der Waals surface area (Å²) in [6.07, 6.45) is 5.22. The zero-order valence-electron chi connectivity index (χ0n) is 15.9. The van der Waals surface area contributed by atoms with E-state index in [2.05, 4.69) is 10.7 Å². The number of hydrogen-bond acceptors (Lipinski definition) is 4. The maximum atomic E-state index is 12.6. The van der Waals surface area contributed by atoms with Crippen LogP contribution in [0.15, 0.2) is 0 Å². The Labute approximate surface area is 154 Å². The van der Waals surface area contributed by atoms with E-state index in [1.807, 2.05) is 13.8 Å². The van der Waals surface area contributed by atoms with Crippen molar-refractivity contribution in [2.45, 2.75) is 58.4 Å². The number of carbonyl (C=O) groups is 4. The molecule has 0 bridgehead atoms. The maximum Gasteiger partial charge on any atom is 0.338 e. The van der Waals surface area contributed by atoms with E-state index < -0.39 is 17.7 Å².